The first kappa shape index (κ1) is 22.9. The van der Waals surface area contributed by atoms with Crippen LogP contribution in [0.15, 0.2) is 72.8 Å². The summed E-state index contributed by atoms with van der Waals surface area (Å²) in [6.45, 7) is -0.0107. The summed E-state index contributed by atoms with van der Waals surface area (Å²) in [6.07, 6.45) is -0.344. The number of rotatable bonds is 7. The van der Waals surface area contributed by atoms with Crippen LogP contribution in [0.2, 0.25) is 0 Å². The zero-order valence-electron chi connectivity index (χ0n) is 18.2. The number of benzene rings is 3. The highest BCUT2D eigenvalue weighted by Crippen LogP contribution is 2.30. The van der Waals surface area contributed by atoms with Gasteiger partial charge in [0.2, 0.25) is 5.91 Å². The van der Waals surface area contributed by atoms with Gasteiger partial charge < -0.3 is 15.0 Å². The Morgan fingerprint density at radius 1 is 0.971 bits per heavy atom. The average Bonchev–Trinajstić information content (AvgIpc) is 3.04. The van der Waals surface area contributed by atoms with Gasteiger partial charge in [0.1, 0.15) is 23.4 Å². The van der Waals surface area contributed by atoms with E-state index in [0.717, 1.165) is 11.0 Å². The van der Waals surface area contributed by atoms with Crippen LogP contribution in [-0.4, -0.2) is 35.9 Å². The Balaban J connectivity index is 1.62. The molecule has 1 atom stereocenters. The van der Waals surface area contributed by atoms with Gasteiger partial charge in [0.25, 0.3) is 5.91 Å². The molecule has 34 heavy (non-hydrogen) atoms. The van der Waals surface area contributed by atoms with E-state index in [2.05, 4.69) is 5.32 Å². The van der Waals surface area contributed by atoms with Crippen LogP contribution in [0.25, 0.3) is 0 Å². The Kier molecular flexibility index (Phi) is 6.53. The SMILES string of the molecule is COc1cccc(N2C(=O)[C@H](CC(=O)Nc3cccc(F)c3)N(Cc3ccc(F)cc3)C2=O)c1. The molecule has 1 aliphatic heterocycles. The first-order valence-electron chi connectivity index (χ1n) is 10.4. The van der Waals surface area contributed by atoms with Crippen LogP contribution in [0.1, 0.15) is 12.0 Å². The molecule has 1 N–H and O–H groups in total. The van der Waals surface area contributed by atoms with Crippen molar-refractivity contribution in [3.63, 3.8) is 0 Å². The van der Waals surface area contributed by atoms with E-state index in [0.29, 0.717) is 17.0 Å². The lowest BCUT2D eigenvalue weighted by atomic mass is 10.1. The number of hydrogen-bond donors (Lipinski definition) is 1. The van der Waals surface area contributed by atoms with Gasteiger partial charge >= 0.3 is 6.03 Å². The van der Waals surface area contributed by atoms with E-state index >= 15 is 0 Å². The third kappa shape index (κ3) is 4.88. The molecule has 1 aliphatic rings. The maximum atomic E-state index is 13.5. The van der Waals surface area contributed by atoms with Gasteiger partial charge in [-0.1, -0.05) is 24.3 Å². The Morgan fingerprint density at radius 3 is 2.41 bits per heavy atom. The third-order valence-corrected chi connectivity index (χ3v) is 5.38. The van der Waals surface area contributed by atoms with Crippen molar-refractivity contribution in [2.24, 2.45) is 0 Å². The summed E-state index contributed by atoms with van der Waals surface area (Å²) < 4.78 is 32.0. The normalized spacial score (nSPS) is 15.6. The smallest absolute Gasteiger partial charge is 0.332 e. The maximum Gasteiger partial charge on any atom is 0.332 e. The summed E-state index contributed by atoms with van der Waals surface area (Å²) in [5, 5.41) is 2.55. The highest BCUT2D eigenvalue weighted by molar-refractivity contribution is 6.22. The highest BCUT2D eigenvalue weighted by Gasteiger charge is 2.46. The van der Waals surface area contributed by atoms with Crippen molar-refractivity contribution >= 4 is 29.2 Å². The lowest BCUT2D eigenvalue weighted by Gasteiger charge is -2.21. The molecular weight excluding hydrogens is 444 g/mol. The summed E-state index contributed by atoms with van der Waals surface area (Å²) >= 11 is 0. The van der Waals surface area contributed by atoms with Crippen LogP contribution in [0.3, 0.4) is 0 Å². The predicted octanol–water partition coefficient (Wildman–Crippen LogP) is 4.34. The molecule has 0 aliphatic carbocycles. The van der Waals surface area contributed by atoms with Gasteiger partial charge in [-0.05, 0) is 48.0 Å². The second-order valence-corrected chi connectivity index (χ2v) is 7.69. The molecule has 1 heterocycles. The number of carbonyl (C=O) groups excluding carboxylic acids is 3. The number of methoxy groups -OCH3 is 1. The molecule has 0 unspecified atom stereocenters. The molecule has 4 rings (SSSR count). The van der Waals surface area contributed by atoms with Crippen LogP contribution in [0, 0.1) is 11.6 Å². The van der Waals surface area contributed by atoms with Crippen LogP contribution in [0.5, 0.6) is 5.75 Å². The molecule has 4 amide bonds. The molecule has 7 nitrogen and oxygen atoms in total. The van der Waals surface area contributed by atoms with Crippen molar-refractivity contribution in [1.29, 1.82) is 0 Å². The van der Waals surface area contributed by atoms with Crippen LogP contribution < -0.4 is 15.0 Å². The number of urea groups is 1. The largest absolute Gasteiger partial charge is 0.497 e. The number of nitrogens with zero attached hydrogens (tertiary/aromatic N) is 2. The van der Waals surface area contributed by atoms with Gasteiger partial charge in [0.05, 0.1) is 19.2 Å². The number of nitrogens with one attached hydrogen (secondary N) is 1. The van der Waals surface area contributed by atoms with Gasteiger partial charge in [0, 0.05) is 18.3 Å². The predicted molar refractivity (Wildman–Crippen MR) is 121 cm³/mol. The van der Waals surface area contributed by atoms with E-state index in [9.17, 15) is 23.2 Å². The molecular formula is C25H21F2N3O4. The number of carbonyl (C=O) groups is 3. The molecule has 1 fully saturated rings. The van der Waals surface area contributed by atoms with Crippen LogP contribution >= 0.6 is 0 Å². The average molecular weight is 465 g/mol. The number of hydrogen-bond acceptors (Lipinski definition) is 4. The second-order valence-electron chi connectivity index (χ2n) is 7.69. The van der Waals surface area contributed by atoms with Crippen molar-refractivity contribution in [3.8, 4) is 5.75 Å². The van der Waals surface area contributed by atoms with Crippen molar-refractivity contribution in [1.82, 2.24) is 4.90 Å². The zero-order chi connectivity index (χ0) is 24.2. The maximum absolute atomic E-state index is 13.5. The van der Waals surface area contributed by atoms with E-state index in [4.69, 9.17) is 4.74 Å². The Morgan fingerprint density at radius 2 is 1.71 bits per heavy atom. The minimum Gasteiger partial charge on any atom is -0.497 e. The molecule has 0 bridgehead atoms. The fourth-order valence-corrected chi connectivity index (χ4v) is 3.74. The first-order valence-corrected chi connectivity index (χ1v) is 10.4. The summed E-state index contributed by atoms with van der Waals surface area (Å²) in [7, 11) is 1.47. The van der Waals surface area contributed by atoms with Gasteiger partial charge in [0.15, 0.2) is 0 Å². The fraction of sp³-hybridized carbons (Fsp3) is 0.160. The van der Waals surface area contributed by atoms with Gasteiger partial charge in [-0.3, -0.25) is 9.59 Å². The van der Waals surface area contributed by atoms with Gasteiger partial charge in [-0.25, -0.2) is 18.5 Å². The Labute approximate surface area is 194 Å². The zero-order valence-corrected chi connectivity index (χ0v) is 18.2. The summed E-state index contributed by atoms with van der Waals surface area (Å²) in [6, 6.07) is 15.6. The monoisotopic (exact) mass is 465 g/mol. The van der Waals surface area contributed by atoms with Gasteiger partial charge in [-0.15, -0.1) is 0 Å². The Bertz CT molecular complexity index is 1230. The van der Waals surface area contributed by atoms with Crippen molar-refractivity contribution in [2.45, 2.75) is 19.0 Å². The van der Waals surface area contributed by atoms with Crippen molar-refractivity contribution in [3.05, 3.63) is 90.0 Å². The number of imide groups is 1. The lowest BCUT2D eigenvalue weighted by Crippen LogP contribution is -2.37. The molecule has 0 spiro atoms. The highest BCUT2D eigenvalue weighted by atomic mass is 19.1. The molecule has 174 valence electrons. The number of halogens is 2. The van der Waals surface area contributed by atoms with Gasteiger partial charge in [-0.2, -0.15) is 0 Å². The summed E-state index contributed by atoms with van der Waals surface area (Å²) in [5.74, 6) is -1.65. The number of amides is 4. The van der Waals surface area contributed by atoms with Crippen LogP contribution in [-0.2, 0) is 16.1 Å². The van der Waals surface area contributed by atoms with E-state index in [-0.39, 0.29) is 18.7 Å². The minimum absolute atomic E-state index is 0.0107. The fourth-order valence-electron chi connectivity index (χ4n) is 3.74. The van der Waals surface area contributed by atoms with Crippen LogP contribution in [0.4, 0.5) is 25.0 Å². The van der Waals surface area contributed by atoms with E-state index in [1.54, 1.807) is 24.3 Å². The van der Waals surface area contributed by atoms with Crippen molar-refractivity contribution in [2.75, 3.05) is 17.3 Å². The minimum atomic E-state index is -1.11. The van der Waals surface area contributed by atoms with E-state index in [1.807, 2.05) is 0 Å². The second kappa shape index (κ2) is 9.70. The molecule has 3 aromatic carbocycles. The van der Waals surface area contributed by atoms with Crippen molar-refractivity contribution < 1.29 is 27.9 Å². The molecule has 3 aromatic rings. The molecule has 0 aromatic heterocycles. The summed E-state index contributed by atoms with van der Waals surface area (Å²) in [4.78, 5) is 41.6. The van der Waals surface area contributed by atoms with E-state index < -0.39 is 35.5 Å². The molecule has 0 saturated carbocycles. The first-order chi connectivity index (χ1) is 16.4. The third-order valence-electron chi connectivity index (χ3n) is 5.38. The molecule has 1 saturated heterocycles. The lowest BCUT2D eigenvalue weighted by molar-refractivity contribution is -0.124. The molecule has 0 radical (unpaired) electrons. The standard InChI is InChI=1S/C25H21F2N3O4/c1-34-21-7-3-6-20(13-21)30-24(32)22(14-23(31)28-19-5-2-4-18(27)12-19)29(25(30)33)15-16-8-10-17(26)11-9-16/h2-13,22H,14-15H2,1H3,(H,28,31)/t22-/m0/s1. The summed E-state index contributed by atoms with van der Waals surface area (Å²) in [5.41, 5.74) is 1.12. The topological polar surface area (TPSA) is 79.0 Å². The Hall–Kier alpha value is -4.27. The number of ether oxygens (including phenoxy) is 1. The quantitative estimate of drug-likeness (QED) is 0.527. The van der Waals surface area contributed by atoms with E-state index in [1.165, 1.54) is 54.5 Å². The number of anilines is 2. The molecule has 9 heteroatoms.